The summed E-state index contributed by atoms with van der Waals surface area (Å²) in [5.41, 5.74) is 5.19. The van der Waals surface area contributed by atoms with Crippen molar-refractivity contribution >= 4 is 39.3 Å². The molecule has 0 saturated carbocycles. The van der Waals surface area contributed by atoms with E-state index in [0.29, 0.717) is 30.2 Å². The number of likely N-dealkylation sites (tertiary alicyclic amines) is 2. The van der Waals surface area contributed by atoms with Gasteiger partial charge in [-0.25, -0.2) is 0 Å². The van der Waals surface area contributed by atoms with E-state index < -0.39 is 0 Å². The summed E-state index contributed by atoms with van der Waals surface area (Å²) in [6.45, 7) is 12.5. The molecule has 2 amide bonds. The number of hydrogen-bond donors (Lipinski definition) is 0. The van der Waals surface area contributed by atoms with Crippen LogP contribution in [0.5, 0.6) is 0 Å². The number of pyridine rings is 1. The number of aryl methyl sites for hydroxylation is 2. The quantitative estimate of drug-likeness (QED) is 0.389. The molecule has 7 nitrogen and oxygen atoms in total. The first-order valence-corrected chi connectivity index (χ1v) is 17.8. The van der Waals surface area contributed by atoms with E-state index in [0.717, 1.165) is 93.8 Å². The van der Waals surface area contributed by atoms with Gasteiger partial charge in [0, 0.05) is 86.9 Å². The van der Waals surface area contributed by atoms with Gasteiger partial charge in [-0.3, -0.25) is 24.4 Å². The monoisotopic (exact) mass is 683 g/mol. The molecule has 44 heavy (non-hydrogen) atoms. The molecule has 1 aromatic carbocycles. The molecule has 0 spiro atoms. The number of piperazine rings is 1. The van der Waals surface area contributed by atoms with Crippen LogP contribution in [-0.4, -0.2) is 94.3 Å². The second-order valence-electron chi connectivity index (χ2n) is 13.8. The van der Waals surface area contributed by atoms with E-state index in [4.69, 9.17) is 16.6 Å². The Labute approximate surface area is 276 Å². The minimum Gasteiger partial charge on any atom is -0.343 e. The number of carbonyl (C=O) groups is 2. The van der Waals surface area contributed by atoms with Crippen LogP contribution in [0.3, 0.4) is 0 Å². The van der Waals surface area contributed by atoms with Crippen LogP contribution < -0.4 is 0 Å². The van der Waals surface area contributed by atoms with Gasteiger partial charge in [-0.2, -0.15) is 0 Å². The van der Waals surface area contributed by atoms with Crippen molar-refractivity contribution in [2.75, 3.05) is 45.8 Å². The Morgan fingerprint density at radius 1 is 0.955 bits per heavy atom. The molecule has 6 rings (SSSR count). The second-order valence-corrected chi connectivity index (χ2v) is 15.1. The Kier molecular flexibility index (Phi) is 10.0. The molecule has 2 atom stereocenters. The van der Waals surface area contributed by atoms with Gasteiger partial charge in [0.1, 0.15) is 0 Å². The summed E-state index contributed by atoms with van der Waals surface area (Å²) in [5, 5.41) is 0.803. The molecule has 238 valence electrons. The number of rotatable bonds is 5. The highest BCUT2D eigenvalue weighted by molar-refractivity contribution is 9.10. The molecule has 9 heteroatoms. The third-order valence-corrected chi connectivity index (χ3v) is 11.4. The molecule has 3 fully saturated rings. The lowest BCUT2D eigenvalue weighted by Crippen LogP contribution is -2.60. The average molecular weight is 685 g/mol. The largest absolute Gasteiger partial charge is 0.343 e. The van der Waals surface area contributed by atoms with Gasteiger partial charge in [-0.05, 0) is 101 Å². The third-order valence-electron chi connectivity index (χ3n) is 10.7. The molecule has 0 radical (unpaired) electrons. The van der Waals surface area contributed by atoms with Crippen LogP contribution in [0.4, 0.5) is 0 Å². The third kappa shape index (κ3) is 6.89. The Balaban J connectivity index is 1.10. The van der Waals surface area contributed by atoms with Crippen LogP contribution in [0, 0.1) is 11.8 Å². The Hall–Kier alpha value is -2.00. The lowest BCUT2D eigenvalue weighted by Gasteiger charge is -2.48. The number of benzene rings is 1. The predicted molar refractivity (Wildman–Crippen MR) is 179 cm³/mol. The summed E-state index contributed by atoms with van der Waals surface area (Å²) in [5.74, 6) is 1.26. The lowest BCUT2D eigenvalue weighted by molar-refractivity contribution is -0.140. The van der Waals surface area contributed by atoms with Crippen LogP contribution in [0.1, 0.15) is 81.3 Å². The molecule has 0 bridgehead atoms. The van der Waals surface area contributed by atoms with E-state index in [1.165, 1.54) is 22.4 Å². The molecule has 2 aromatic rings. The standard InChI is InChI=1S/C35H47BrClN5O2/c1-23(2)32-22-41(16-17-42(32)33(44)18-25-8-12-39(13-9-25)24(3)43)30-10-14-40(15-11-30)35-31-7-6-29(37)20-26(31)4-5-27-19-28(36)21-38-34(27)35/h6-7,19-21,23,25,30,32,35H,4-5,8-18,22H2,1-3H3/t32-,35?/m0/s1. The smallest absolute Gasteiger partial charge is 0.223 e. The molecule has 4 heterocycles. The minimum atomic E-state index is 0.147. The average Bonchev–Trinajstić information content (AvgIpc) is 3.17. The predicted octanol–water partition coefficient (Wildman–Crippen LogP) is 5.97. The fourth-order valence-corrected chi connectivity index (χ4v) is 8.72. The van der Waals surface area contributed by atoms with Gasteiger partial charge < -0.3 is 9.80 Å². The maximum absolute atomic E-state index is 13.6. The number of nitrogens with zero attached hydrogens (tertiary/aromatic N) is 5. The van der Waals surface area contributed by atoms with E-state index in [1.54, 1.807) is 6.92 Å². The van der Waals surface area contributed by atoms with Gasteiger partial charge in [-0.15, -0.1) is 0 Å². The molecule has 1 unspecified atom stereocenters. The van der Waals surface area contributed by atoms with Crippen LogP contribution in [0.2, 0.25) is 5.02 Å². The van der Waals surface area contributed by atoms with Crippen molar-refractivity contribution < 1.29 is 9.59 Å². The van der Waals surface area contributed by atoms with Crippen molar-refractivity contribution in [3.8, 4) is 0 Å². The van der Waals surface area contributed by atoms with Gasteiger partial charge in [0.2, 0.25) is 11.8 Å². The lowest BCUT2D eigenvalue weighted by atomic mass is 9.90. The summed E-state index contributed by atoms with van der Waals surface area (Å²) in [7, 11) is 0. The molecule has 3 aliphatic heterocycles. The highest BCUT2D eigenvalue weighted by Gasteiger charge is 2.39. The number of piperidine rings is 2. The summed E-state index contributed by atoms with van der Waals surface area (Å²) in [4.78, 5) is 39.7. The van der Waals surface area contributed by atoms with E-state index in [2.05, 4.69) is 62.7 Å². The molecule has 3 saturated heterocycles. The Morgan fingerprint density at radius 2 is 1.68 bits per heavy atom. The normalized spacial score (nSPS) is 24.2. The number of aromatic nitrogens is 1. The molecule has 4 aliphatic rings. The SMILES string of the molecule is CC(=O)N1CCC(CC(=O)N2CCN(C3CCN(C4c5ccc(Cl)cc5CCc5cc(Br)cnc54)CC3)C[C@H]2C(C)C)CC1. The Bertz CT molecular complexity index is 1300. The van der Waals surface area contributed by atoms with Crippen molar-refractivity contribution in [3.05, 3.63) is 62.3 Å². The van der Waals surface area contributed by atoms with Crippen molar-refractivity contribution in [2.24, 2.45) is 11.8 Å². The van der Waals surface area contributed by atoms with E-state index in [9.17, 15) is 9.59 Å². The van der Waals surface area contributed by atoms with Gasteiger partial charge in [0.15, 0.2) is 0 Å². The summed E-state index contributed by atoms with van der Waals surface area (Å²) < 4.78 is 1.04. The van der Waals surface area contributed by atoms with E-state index in [-0.39, 0.29) is 18.0 Å². The zero-order valence-electron chi connectivity index (χ0n) is 26.5. The fraction of sp³-hybridized carbons (Fsp3) is 0.629. The Morgan fingerprint density at radius 3 is 2.39 bits per heavy atom. The highest BCUT2D eigenvalue weighted by Crippen LogP contribution is 2.39. The van der Waals surface area contributed by atoms with Crippen LogP contribution in [0.15, 0.2) is 34.9 Å². The molecule has 1 aromatic heterocycles. The number of fused-ring (bicyclic) bond motifs is 2. The number of halogens is 2. The first-order valence-electron chi connectivity index (χ1n) is 16.6. The molecular weight excluding hydrogens is 638 g/mol. The van der Waals surface area contributed by atoms with E-state index in [1.807, 2.05) is 17.2 Å². The molecule has 1 aliphatic carbocycles. The number of hydrogen-bond acceptors (Lipinski definition) is 5. The summed E-state index contributed by atoms with van der Waals surface area (Å²) in [6, 6.07) is 9.59. The minimum absolute atomic E-state index is 0.147. The number of amides is 2. The second kappa shape index (κ2) is 13.8. The topological polar surface area (TPSA) is 60.0 Å². The summed E-state index contributed by atoms with van der Waals surface area (Å²) in [6.07, 6.45) is 8.63. The van der Waals surface area contributed by atoms with Gasteiger partial charge in [-0.1, -0.05) is 31.5 Å². The van der Waals surface area contributed by atoms with Crippen molar-refractivity contribution in [1.82, 2.24) is 24.6 Å². The van der Waals surface area contributed by atoms with Gasteiger partial charge in [0.05, 0.1) is 11.7 Å². The van der Waals surface area contributed by atoms with Crippen molar-refractivity contribution in [2.45, 2.75) is 83.8 Å². The van der Waals surface area contributed by atoms with Crippen molar-refractivity contribution in [1.29, 1.82) is 0 Å². The zero-order chi connectivity index (χ0) is 31.0. The van der Waals surface area contributed by atoms with Crippen LogP contribution >= 0.6 is 27.5 Å². The molecule has 0 N–H and O–H groups in total. The van der Waals surface area contributed by atoms with Crippen LogP contribution in [0.25, 0.3) is 0 Å². The van der Waals surface area contributed by atoms with Crippen molar-refractivity contribution in [3.63, 3.8) is 0 Å². The van der Waals surface area contributed by atoms with E-state index >= 15 is 0 Å². The van der Waals surface area contributed by atoms with Gasteiger partial charge >= 0.3 is 0 Å². The zero-order valence-corrected chi connectivity index (χ0v) is 28.8. The number of carbonyl (C=O) groups excluding carboxylic acids is 2. The fourth-order valence-electron chi connectivity index (χ4n) is 8.15. The maximum Gasteiger partial charge on any atom is 0.223 e. The summed E-state index contributed by atoms with van der Waals surface area (Å²) >= 11 is 10.1. The first kappa shape index (κ1) is 32.0. The van der Waals surface area contributed by atoms with Gasteiger partial charge in [0.25, 0.3) is 0 Å². The van der Waals surface area contributed by atoms with Crippen LogP contribution in [-0.2, 0) is 22.4 Å². The molecular formula is C35H47BrClN5O2. The maximum atomic E-state index is 13.6. The first-order chi connectivity index (χ1) is 21.2. The highest BCUT2D eigenvalue weighted by atomic mass is 79.9.